The summed E-state index contributed by atoms with van der Waals surface area (Å²) in [5.41, 5.74) is 8.92. The molecule has 0 fully saturated rings. The van der Waals surface area contributed by atoms with Crippen LogP contribution < -0.4 is 5.73 Å². The summed E-state index contributed by atoms with van der Waals surface area (Å²) in [7, 11) is 0. The summed E-state index contributed by atoms with van der Waals surface area (Å²) >= 11 is 7.41. The van der Waals surface area contributed by atoms with Crippen LogP contribution in [0.1, 0.15) is 5.56 Å². The normalized spacial score (nSPS) is 11.2. The molecule has 3 aromatic heterocycles. The summed E-state index contributed by atoms with van der Waals surface area (Å²) in [5, 5.41) is 0. The van der Waals surface area contributed by atoms with E-state index in [2.05, 4.69) is 4.98 Å². The van der Waals surface area contributed by atoms with Crippen LogP contribution in [0.4, 0.5) is 5.82 Å². The lowest BCUT2D eigenvalue weighted by atomic mass is 10.3. The minimum absolute atomic E-state index is 0.651. The van der Waals surface area contributed by atoms with Gasteiger partial charge in [-0.15, -0.1) is 11.3 Å². The molecule has 86 valence electrons. The summed E-state index contributed by atoms with van der Waals surface area (Å²) in [4.78, 5) is 5.54. The lowest BCUT2D eigenvalue weighted by molar-refractivity contribution is 1.18. The van der Waals surface area contributed by atoms with E-state index in [0.29, 0.717) is 5.82 Å². The minimum atomic E-state index is 0.651. The number of imidazole rings is 1. The SMILES string of the molecule is Cc1ccn2c(N)c(-c3ccc(Cl)s3)nc2c1. The number of nitrogens with two attached hydrogens (primary N) is 1. The zero-order valence-corrected chi connectivity index (χ0v) is 10.7. The second-order valence-electron chi connectivity index (χ2n) is 3.88. The van der Waals surface area contributed by atoms with Crippen LogP contribution in [0.5, 0.6) is 0 Å². The van der Waals surface area contributed by atoms with Crippen LogP contribution in [-0.4, -0.2) is 9.38 Å². The molecule has 0 saturated heterocycles. The molecule has 17 heavy (non-hydrogen) atoms. The highest BCUT2D eigenvalue weighted by Crippen LogP contribution is 2.34. The maximum atomic E-state index is 6.09. The van der Waals surface area contributed by atoms with Gasteiger partial charge in [-0.25, -0.2) is 4.98 Å². The first-order valence-electron chi connectivity index (χ1n) is 5.15. The Kier molecular flexibility index (Phi) is 2.34. The fourth-order valence-electron chi connectivity index (χ4n) is 1.79. The van der Waals surface area contributed by atoms with Gasteiger partial charge in [0, 0.05) is 6.20 Å². The van der Waals surface area contributed by atoms with E-state index in [1.807, 2.05) is 41.8 Å². The van der Waals surface area contributed by atoms with Crippen molar-refractivity contribution in [1.29, 1.82) is 0 Å². The highest BCUT2D eigenvalue weighted by molar-refractivity contribution is 7.19. The predicted molar refractivity (Wildman–Crippen MR) is 72.7 cm³/mol. The number of hydrogen-bond donors (Lipinski definition) is 1. The standard InChI is InChI=1S/C12H10ClN3S/c1-7-4-5-16-10(6-7)15-11(12(16)14)8-2-3-9(13)17-8/h2-6H,14H2,1H3. The molecule has 0 aliphatic heterocycles. The fourth-order valence-corrected chi connectivity index (χ4v) is 2.83. The van der Waals surface area contributed by atoms with Gasteiger partial charge < -0.3 is 5.73 Å². The lowest BCUT2D eigenvalue weighted by Gasteiger charge is -1.97. The first kappa shape index (κ1) is 10.6. The van der Waals surface area contributed by atoms with Crippen LogP contribution in [0, 0.1) is 6.92 Å². The molecule has 0 saturated carbocycles. The largest absolute Gasteiger partial charge is 0.383 e. The molecule has 0 aliphatic carbocycles. The number of aromatic nitrogens is 2. The van der Waals surface area contributed by atoms with E-state index in [9.17, 15) is 0 Å². The minimum Gasteiger partial charge on any atom is -0.383 e. The van der Waals surface area contributed by atoms with Crippen LogP contribution in [0.2, 0.25) is 4.34 Å². The van der Waals surface area contributed by atoms with Gasteiger partial charge in [0.25, 0.3) is 0 Å². The fraction of sp³-hybridized carbons (Fsp3) is 0.0833. The molecule has 0 aromatic carbocycles. The third-order valence-electron chi connectivity index (χ3n) is 2.63. The van der Waals surface area contributed by atoms with Gasteiger partial charge in [-0.1, -0.05) is 11.6 Å². The molecule has 0 bridgehead atoms. The van der Waals surface area contributed by atoms with Crippen LogP contribution in [-0.2, 0) is 0 Å². The summed E-state index contributed by atoms with van der Waals surface area (Å²) in [6.45, 7) is 2.03. The van der Waals surface area contributed by atoms with Crippen molar-refractivity contribution in [3.63, 3.8) is 0 Å². The molecule has 3 aromatic rings. The van der Waals surface area contributed by atoms with Gasteiger partial charge in [0.1, 0.15) is 17.2 Å². The van der Waals surface area contributed by atoms with Crippen molar-refractivity contribution in [2.75, 3.05) is 5.73 Å². The van der Waals surface area contributed by atoms with Crippen molar-refractivity contribution in [3.8, 4) is 10.6 Å². The van der Waals surface area contributed by atoms with Gasteiger partial charge in [0.15, 0.2) is 0 Å². The van der Waals surface area contributed by atoms with Crippen LogP contribution in [0.3, 0.4) is 0 Å². The quantitative estimate of drug-likeness (QED) is 0.729. The van der Waals surface area contributed by atoms with Gasteiger partial charge >= 0.3 is 0 Å². The Balaban J connectivity index is 2.27. The summed E-state index contributed by atoms with van der Waals surface area (Å²) in [5.74, 6) is 0.651. The predicted octanol–water partition coefficient (Wildman–Crippen LogP) is 3.61. The second-order valence-corrected chi connectivity index (χ2v) is 5.60. The first-order chi connectivity index (χ1) is 8.15. The monoisotopic (exact) mass is 263 g/mol. The average Bonchev–Trinajstić information content (AvgIpc) is 2.83. The number of fused-ring (bicyclic) bond motifs is 1. The lowest BCUT2D eigenvalue weighted by Crippen LogP contribution is -1.93. The zero-order valence-electron chi connectivity index (χ0n) is 9.14. The molecule has 5 heteroatoms. The van der Waals surface area contributed by atoms with E-state index in [0.717, 1.165) is 20.6 Å². The van der Waals surface area contributed by atoms with Gasteiger partial charge in [-0.05, 0) is 36.8 Å². The van der Waals surface area contributed by atoms with E-state index in [1.54, 1.807) is 0 Å². The molecule has 3 rings (SSSR count). The van der Waals surface area contributed by atoms with Gasteiger partial charge in [-0.2, -0.15) is 0 Å². The molecule has 0 unspecified atom stereocenters. The van der Waals surface area contributed by atoms with Crippen molar-refractivity contribution in [2.24, 2.45) is 0 Å². The molecule has 0 radical (unpaired) electrons. The molecular weight excluding hydrogens is 254 g/mol. The molecular formula is C12H10ClN3S. The molecule has 2 N–H and O–H groups in total. The van der Waals surface area contributed by atoms with Crippen LogP contribution in [0.25, 0.3) is 16.2 Å². The van der Waals surface area contributed by atoms with Gasteiger partial charge in [0.2, 0.25) is 0 Å². The Labute approximate surface area is 107 Å². The number of hydrogen-bond acceptors (Lipinski definition) is 3. The highest BCUT2D eigenvalue weighted by Gasteiger charge is 2.12. The Hall–Kier alpha value is -1.52. The molecule has 0 spiro atoms. The van der Waals surface area contributed by atoms with Crippen molar-refractivity contribution < 1.29 is 0 Å². The Bertz CT molecular complexity index is 699. The van der Waals surface area contributed by atoms with Crippen LogP contribution in [0.15, 0.2) is 30.5 Å². The Morgan fingerprint density at radius 1 is 1.35 bits per heavy atom. The van der Waals surface area contributed by atoms with Gasteiger partial charge in [-0.3, -0.25) is 4.40 Å². The van der Waals surface area contributed by atoms with E-state index in [-0.39, 0.29) is 0 Å². The molecule has 3 nitrogen and oxygen atoms in total. The molecule has 3 heterocycles. The van der Waals surface area contributed by atoms with E-state index in [4.69, 9.17) is 17.3 Å². The molecule has 0 amide bonds. The van der Waals surface area contributed by atoms with Crippen molar-refractivity contribution in [1.82, 2.24) is 9.38 Å². The third-order valence-corrected chi connectivity index (χ3v) is 3.86. The number of pyridine rings is 1. The van der Waals surface area contributed by atoms with E-state index >= 15 is 0 Å². The van der Waals surface area contributed by atoms with Crippen molar-refractivity contribution >= 4 is 34.4 Å². The highest BCUT2D eigenvalue weighted by atomic mass is 35.5. The van der Waals surface area contributed by atoms with Crippen molar-refractivity contribution in [3.05, 3.63) is 40.4 Å². The van der Waals surface area contributed by atoms with Crippen molar-refractivity contribution in [2.45, 2.75) is 6.92 Å². The summed E-state index contributed by atoms with van der Waals surface area (Å²) < 4.78 is 2.63. The molecule has 0 atom stereocenters. The van der Waals surface area contributed by atoms with E-state index in [1.165, 1.54) is 16.9 Å². The number of nitrogens with zero attached hydrogens (tertiary/aromatic N) is 2. The first-order valence-corrected chi connectivity index (χ1v) is 6.34. The maximum Gasteiger partial charge on any atom is 0.139 e. The number of aryl methyl sites for hydroxylation is 1. The number of nitrogen functional groups attached to an aromatic ring is 1. The number of thiophene rings is 1. The molecule has 0 aliphatic rings. The van der Waals surface area contributed by atoms with E-state index < -0.39 is 0 Å². The number of rotatable bonds is 1. The second kappa shape index (κ2) is 3.75. The van der Waals surface area contributed by atoms with Crippen LogP contribution >= 0.6 is 22.9 Å². The summed E-state index contributed by atoms with van der Waals surface area (Å²) in [6, 6.07) is 7.82. The zero-order chi connectivity index (χ0) is 12.0. The topological polar surface area (TPSA) is 43.3 Å². The smallest absolute Gasteiger partial charge is 0.139 e. The summed E-state index contributed by atoms with van der Waals surface area (Å²) in [6.07, 6.45) is 1.94. The third kappa shape index (κ3) is 1.69. The van der Waals surface area contributed by atoms with Gasteiger partial charge in [0.05, 0.1) is 9.21 Å². The average molecular weight is 264 g/mol. The number of anilines is 1. The Morgan fingerprint density at radius 3 is 2.88 bits per heavy atom. The number of halogens is 1. The maximum absolute atomic E-state index is 6.09. The Morgan fingerprint density at radius 2 is 2.18 bits per heavy atom.